The Kier molecular flexibility index (Phi) is 4.69. The standard InChI is InChI=1S/C21H15N3O4S/c1-22-18(20(25)23(21(22)29)14-7-3-2-4-8-14)13-15-11-12-19(28-15)16-9-5-6-10-17(16)24(26)27/h2-13H,1H3. The Morgan fingerprint density at radius 3 is 2.45 bits per heavy atom. The normalized spacial score (nSPS) is 15.4. The molecule has 1 aliphatic rings. The highest BCUT2D eigenvalue weighted by Gasteiger charge is 2.37. The van der Waals surface area contributed by atoms with E-state index in [1.54, 1.807) is 60.5 Å². The molecule has 0 N–H and O–H groups in total. The topological polar surface area (TPSA) is 79.8 Å². The van der Waals surface area contributed by atoms with Crippen molar-refractivity contribution in [3.63, 3.8) is 0 Å². The predicted octanol–water partition coefficient (Wildman–Crippen LogP) is 4.46. The maximum absolute atomic E-state index is 12.9. The van der Waals surface area contributed by atoms with Crippen molar-refractivity contribution in [2.75, 3.05) is 11.9 Å². The van der Waals surface area contributed by atoms with Crippen LogP contribution in [0.15, 0.2) is 76.8 Å². The minimum atomic E-state index is -0.458. The van der Waals surface area contributed by atoms with E-state index in [-0.39, 0.29) is 11.6 Å². The van der Waals surface area contributed by atoms with E-state index in [1.165, 1.54) is 11.0 Å². The lowest BCUT2D eigenvalue weighted by Crippen LogP contribution is -2.30. The highest BCUT2D eigenvalue weighted by Crippen LogP contribution is 2.33. The number of carbonyl (C=O) groups is 1. The zero-order valence-electron chi connectivity index (χ0n) is 15.3. The molecule has 7 nitrogen and oxygen atoms in total. The second kappa shape index (κ2) is 7.33. The number of nitrogens with zero attached hydrogens (tertiary/aromatic N) is 3. The average molecular weight is 405 g/mol. The number of benzene rings is 2. The molecule has 8 heteroatoms. The van der Waals surface area contributed by atoms with E-state index in [2.05, 4.69) is 0 Å². The summed E-state index contributed by atoms with van der Waals surface area (Å²) in [6.07, 6.45) is 1.58. The third-order valence-corrected chi connectivity index (χ3v) is 5.00. The van der Waals surface area contributed by atoms with Gasteiger partial charge in [0.1, 0.15) is 17.2 Å². The summed E-state index contributed by atoms with van der Waals surface area (Å²) in [7, 11) is 1.71. The number of likely N-dealkylation sites (N-methyl/N-ethyl adjacent to an activating group) is 1. The van der Waals surface area contributed by atoms with Crippen LogP contribution in [0, 0.1) is 10.1 Å². The van der Waals surface area contributed by atoms with Gasteiger partial charge in [-0.1, -0.05) is 30.3 Å². The number of furan rings is 1. The molecule has 0 atom stereocenters. The SMILES string of the molecule is CN1C(=S)N(c2ccccc2)C(=O)C1=Cc1ccc(-c2ccccc2[N+](=O)[O-])o1. The van der Waals surface area contributed by atoms with Crippen LogP contribution in [0.3, 0.4) is 0 Å². The molecule has 1 amide bonds. The van der Waals surface area contributed by atoms with E-state index in [0.717, 1.165) is 0 Å². The first kappa shape index (κ1) is 18.6. The minimum Gasteiger partial charge on any atom is -0.456 e. The van der Waals surface area contributed by atoms with Gasteiger partial charge in [0.25, 0.3) is 11.6 Å². The van der Waals surface area contributed by atoms with E-state index in [9.17, 15) is 14.9 Å². The maximum Gasteiger partial charge on any atom is 0.281 e. The minimum absolute atomic E-state index is 0.0495. The van der Waals surface area contributed by atoms with Gasteiger partial charge in [-0.15, -0.1) is 0 Å². The third-order valence-electron chi connectivity index (χ3n) is 4.55. The number of rotatable bonds is 4. The molecule has 29 heavy (non-hydrogen) atoms. The van der Waals surface area contributed by atoms with E-state index in [0.29, 0.717) is 33.6 Å². The van der Waals surface area contributed by atoms with Gasteiger partial charge in [0, 0.05) is 19.2 Å². The Morgan fingerprint density at radius 1 is 1.03 bits per heavy atom. The summed E-state index contributed by atoms with van der Waals surface area (Å²) in [4.78, 5) is 26.8. The van der Waals surface area contributed by atoms with Crippen LogP contribution in [0.5, 0.6) is 0 Å². The first-order chi connectivity index (χ1) is 14.0. The molecule has 1 aliphatic heterocycles. The second-order valence-electron chi connectivity index (χ2n) is 6.32. The molecule has 1 fully saturated rings. The smallest absolute Gasteiger partial charge is 0.281 e. The summed E-state index contributed by atoms with van der Waals surface area (Å²) >= 11 is 5.43. The number of para-hydroxylation sites is 2. The van der Waals surface area contributed by atoms with Crippen molar-refractivity contribution in [3.8, 4) is 11.3 Å². The Hall–Kier alpha value is -3.78. The van der Waals surface area contributed by atoms with Gasteiger partial charge in [-0.2, -0.15) is 0 Å². The summed E-state index contributed by atoms with van der Waals surface area (Å²) < 4.78 is 5.77. The number of nitro groups is 1. The summed E-state index contributed by atoms with van der Waals surface area (Å²) in [5, 5.41) is 11.6. The van der Waals surface area contributed by atoms with Gasteiger partial charge in [0.05, 0.1) is 16.2 Å². The van der Waals surface area contributed by atoms with Crippen LogP contribution in [0.4, 0.5) is 11.4 Å². The van der Waals surface area contributed by atoms with Crippen molar-refractivity contribution < 1.29 is 14.1 Å². The Labute approximate surface area is 171 Å². The predicted molar refractivity (Wildman–Crippen MR) is 113 cm³/mol. The molecular formula is C21H15N3O4S. The first-order valence-corrected chi connectivity index (χ1v) is 9.10. The molecule has 0 bridgehead atoms. The number of thiocarbonyl (C=S) groups is 1. The van der Waals surface area contributed by atoms with Gasteiger partial charge in [-0.3, -0.25) is 19.8 Å². The van der Waals surface area contributed by atoms with Gasteiger partial charge in [0.2, 0.25) is 0 Å². The lowest BCUT2D eigenvalue weighted by molar-refractivity contribution is -0.384. The Balaban J connectivity index is 1.69. The number of hydrogen-bond acceptors (Lipinski definition) is 5. The molecule has 2 aromatic carbocycles. The van der Waals surface area contributed by atoms with Crippen molar-refractivity contribution in [3.05, 3.63) is 88.3 Å². The third kappa shape index (κ3) is 3.30. The van der Waals surface area contributed by atoms with Gasteiger partial charge in [-0.25, -0.2) is 0 Å². The Bertz CT molecular complexity index is 1150. The molecule has 0 spiro atoms. The van der Waals surface area contributed by atoms with E-state index in [4.69, 9.17) is 16.6 Å². The van der Waals surface area contributed by atoms with Crippen molar-refractivity contribution in [2.24, 2.45) is 0 Å². The average Bonchev–Trinajstić information content (AvgIpc) is 3.28. The van der Waals surface area contributed by atoms with E-state index in [1.807, 2.05) is 18.2 Å². The van der Waals surface area contributed by atoms with Crippen LogP contribution in [0.25, 0.3) is 17.4 Å². The number of anilines is 1. The quantitative estimate of drug-likeness (QED) is 0.276. The highest BCUT2D eigenvalue weighted by atomic mass is 32.1. The summed E-state index contributed by atoms with van der Waals surface area (Å²) in [5.41, 5.74) is 1.35. The Morgan fingerprint density at radius 2 is 1.72 bits per heavy atom. The number of nitro benzene ring substituents is 1. The largest absolute Gasteiger partial charge is 0.456 e. The fourth-order valence-electron chi connectivity index (χ4n) is 3.11. The fourth-order valence-corrected chi connectivity index (χ4v) is 3.40. The van der Waals surface area contributed by atoms with Crippen molar-refractivity contribution >= 4 is 40.7 Å². The summed E-state index contributed by atoms with van der Waals surface area (Å²) in [6.45, 7) is 0. The van der Waals surface area contributed by atoms with Crippen LogP contribution in [-0.4, -0.2) is 27.9 Å². The monoisotopic (exact) mass is 405 g/mol. The molecule has 3 aromatic rings. The molecule has 0 aliphatic carbocycles. The molecular weight excluding hydrogens is 390 g/mol. The van der Waals surface area contributed by atoms with Crippen molar-refractivity contribution in [1.82, 2.24) is 4.90 Å². The lowest BCUT2D eigenvalue weighted by atomic mass is 10.1. The van der Waals surface area contributed by atoms with Crippen LogP contribution >= 0.6 is 12.2 Å². The number of hydrogen-bond donors (Lipinski definition) is 0. The molecule has 1 aromatic heterocycles. The van der Waals surface area contributed by atoms with Crippen LogP contribution in [-0.2, 0) is 4.79 Å². The molecule has 0 radical (unpaired) electrons. The molecule has 144 valence electrons. The first-order valence-electron chi connectivity index (χ1n) is 8.70. The molecule has 0 saturated carbocycles. The van der Waals surface area contributed by atoms with Crippen molar-refractivity contribution in [1.29, 1.82) is 0 Å². The molecule has 0 unspecified atom stereocenters. The zero-order chi connectivity index (χ0) is 20.5. The van der Waals surface area contributed by atoms with Gasteiger partial charge in [-0.05, 0) is 42.5 Å². The number of amides is 1. The van der Waals surface area contributed by atoms with Crippen LogP contribution < -0.4 is 4.90 Å². The van der Waals surface area contributed by atoms with Crippen LogP contribution in [0.1, 0.15) is 5.76 Å². The summed E-state index contributed by atoms with van der Waals surface area (Å²) in [6, 6.07) is 18.8. The highest BCUT2D eigenvalue weighted by molar-refractivity contribution is 7.80. The summed E-state index contributed by atoms with van der Waals surface area (Å²) in [5.74, 6) is 0.471. The second-order valence-corrected chi connectivity index (χ2v) is 6.69. The number of carbonyl (C=O) groups excluding carboxylic acids is 1. The maximum atomic E-state index is 12.9. The molecule has 4 rings (SSSR count). The van der Waals surface area contributed by atoms with E-state index >= 15 is 0 Å². The lowest BCUT2D eigenvalue weighted by Gasteiger charge is -2.16. The fraction of sp³-hybridized carbons (Fsp3) is 0.0476. The van der Waals surface area contributed by atoms with Crippen LogP contribution in [0.2, 0.25) is 0 Å². The van der Waals surface area contributed by atoms with Gasteiger partial charge in [0.15, 0.2) is 5.11 Å². The van der Waals surface area contributed by atoms with Gasteiger partial charge < -0.3 is 9.32 Å². The zero-order valence-corrected chi connectivity index (χ0v) is 16.1. The molecule has 2 heterocycles. The van der Waals surface area contributed by atoms with Gasteiger partial charge >= 0.3 is 0 Å². The van der Waals surface area contributed by atoms with E-state index < -0.39 is 4.92 Å². The molecule has 1 saturated heterocycles. The van der Waals surface area contributed by atoms with Crippen molar-refractivity contribution in [2.45, 2.75) is 0 Å².